The average molecular weight is 214 g/mol. The van der Waals surface area contributed by atoms with E-state index in [9.17, 15) is 4.79 Å². The molecule has 1 amide bonds. The molecule has 1 aliphatic heterocycles. The number of nitrogens with one attached hydrogen (secondary N) is 2. The molecule has 3 atom stereocenters. The summed E-state index contributed by atoms with van der Waals surface area (Å²) in [5.74, 6) is 0.616. The van der Waals surface area contributed by atoms with E-state index in [0.29, 0.717) is 18.5 Å². The molecule has 1 fully saturated rings. The zero-order valence-corrected chi connectivity index (χ0v) is 9.88. The molecule has 0 spiro atoms. The molecule has 0 aromatic carbocycles. The van der Waals surface area contributed by atoms with E-state index in [0.717, 1.165) is 19.6 Å². The van der Waals surface area contributed by atoms with E-state index in [1.165, 1.54) is 0 Å². The van der Waals surface area contributed by atoms with Crippen molar-refractivity contribution in [3.05, 3.63) is 0 Å². The van der Waals surface area contributed by atoms with Crippen LogP contribution in [-0.2, 0) is 9.53 Å². The third kappa shape index (κ3) is 3.80. The first-order valence-corrected chi connectivity index (χ1v) is 5.76. The summed E-state index contributed by atoms with van der Waals surface area (Å²) in [7, 11) is 0. The minimum atomic E-state index is -0.124. The second-order valence-electron chi connectivity index (χ2n) is 4.20. The standard InChI is InChI=1S/C11H22N2O2/c1-4-12-11(14)9(3)13-8(2)10-5-6-15-7-10/h8-10,13H,4-7H2,1-3H3,(H,12,14). The van der Waals surface area contributed by atoms with Crippen LogP contribution in [0.25, 0.3) is 0 Å². The molecular weight excluding hydrogens is 192 g/mol. The maximum Gasteiger partial charge on any atom is 0.236 e. The summed E-state index contributed by atoms with van der Waals surface area (Å²) < 4.78 is 5.33. The highest BCUT2D eigenvalue weighted by molar-refractivity contribution is 5.81. The van der Waals surface area contributed by atoms with Gasteiger partial charge in [-0.05, 0) is 33.1 Å². The first kappa shape index (κ1) is 12.5. The summed E-state index contributed by atoms with van der Waals surface area (Å²) in [5, 5.41) is 6.12. The first-order chi connectivity index (χ1) is 7.15. The van der Waals surface area contributed by atoms with Gasteiger partial charge in [0.2, 0.25) is 5.91 Å². The summed E-state index contributed by atoms with van der Waals surface area (Å²) in [6, 6.07) is 0.214. The Bertz CT molecular complexity index is 203. The summed E-state index contributed by atoms with van der Waals surface area (Å²) >= 11 is 0. The van der Waals surface area contributed by atoms with Crippen LogP contribution in [0.1, 0.15) is 27.2 Å². The largest absolute Gasteiger partial charge is 0.381 e. The zero-order chi connectivity index (χ0) is 11.3. The Morgan fingerprint density at radius 1 is 1.53 bits per heavy atom. The van der Waals surface area contributed by atoms with Gasteiger partial charge in [-0.3, -0.25) is 4.79 Å². The minimum Gasteiger partial charge on any atom is -0.381 e. The maximum absolute atomic E-state index is 11.5. The summed E-state index contributed by atoms with van der Waals surface area (Å²) in [4.78, 5) is 11.5. The van der Waals surface area contributed by atoms with Gasteiger partial charge in [0.05, 0.1) is 12.6 Å². The molecule has 0 bridgehead atoms. The van der Waals surface area contributed by atoms with Gasteiger partial charge in [-0.25, -0.2) is 0 Å². The lowest BCUT2D eigenvalue weighted by Gasteiger charge is -2.23. The number of likely N-dealkylation sites (N-methyl/N-ethyl adjacent to an activating group) is 1. The lowest BCUT2D eigenvalue weighted by molar-refractivity contribution is -0.122. The molecule has 3 unspecified atom stereocenters. The summed E-state index contributed by atoms with van der Waals surface area (Å²) in [6.45, 7) is 8.31. The van der Waals surface area contributed by atoms with Gasteiger partial charge >= 0.3 is 0 Å². The molecule has 88 valence electrons. The maximum atomic E-state index is 11.5. The molecule has 4 nitrogen and oxygen atoms in total. The van der Waals surface area contributed by atoms with Crippen LogP contribution in [0.2, 0.25) is 0 Å². The van der Waals surface area contributed by atoms with E-state index >= 15 is 0 Å². The zero-order valence-electron chi connectivity index (χ0n) is 9.88. The van der Waals surface area contributed by atoms with Gasteiger partial charge in [-0.1, -0.05) is 0 Å². The van der Waals surface area contributed by atoms with Crippen molar-refractivity contribution in [3.8, 4) is 0 Å². The van der Waals surface area contributed by atoms with Crippen LogP contribution >= 0.6 is 0 Å². The molecule has 15 heavy (non-hydrogen) atoms. The summed E-state index contributed by atoms with van der Waals surface area (Å²) in [6.07, 6.45) is 1.09. The Labute approximate surface area is 91.8 Å². The van der Waals surface area contributed by atoms with Crippen LogP contribution in [-0.4, -0.2) is 37.7 Å². The molecule has 0 saturated carbocycles. The van der Waals surface area contributed by atoms with Crippen molar-refractivity contribution in [3.63, 3.8) is 0 Å². The monoisotopic (exact) mass is 214 g/mol. The Balaban J connectivity index is 2.29. The van der Waals surface area contributed by atoms with Crippen LogP contribution < -0.4 is 10.6 Å². The van der Waals surface area contributed by atoms with E-state index in [2.05, 4.69) is 17.6 Å². The van der Waals surface area contributed by atoms with Crippen molar-refractivity contribution in [1.82, 2.24) is 10.6 Å². The van der Waals surface area contributed by atoms with E-state index in [4.69, 9.17) is 4.74 Å². The highest BCUT2D eigenvalue weighted by Crippen LogP contribution is 2.16. The number of ether oxygens (including phenoxy) is 1. The predicted molar refractivity (Wildman–Crippen MR) is 59.7 cm³/mol. The Morgan fingerprint density at radius 2 is 2.27 bits per heavy atom. The molecule has 2 N–H and O–H groups in total. The van der Waals surface area contributed by atoms with Crippen molar-refractivity contribution < 1.29 is 9.53 Å². The molecule has 0 radical (unpaired) electrons. The topological polar surface area (TPSA) is 50.4 Å². The number of hydrogen-bond acceptors (Lipinski definition) is 3. The van der Waals surface area contributed by atoms with Gasteiger partial charge in [0, 0.05) is 19.2 Å². The van der Waals surface area contributed by atoms with Crippen LogP contribution in [0.3, 0.4) is 0 Å². The number of carbonyl (C=O) groups excluding carboxylic acids is 1. The molecule has 1 heterocycles. The highest BCUT2D eigenvalue weighted by atomic mass is 16.5. The number of amides is 1. The minimum absolute atomic E-state index is 0.0725. The fourth-order valence-corrected chi connectivity index (χ4v) is 1.88. The predicted octanol–water partition coefficient (Wildman–Crippen LogP) is 0.526. The molecule has 1 rings (SSSR count). The van der Waals surface area contributed by atoms with Crippen LogP contribution in [0.15, 0.2) is 0 Å². The fraction of sp³-hybridized carbons (Fsp3) is 0.909. The molecule has 1 saturated heterocycles. The number of carbonyl (C=O) groups is 1. The van der Waals surface area contributed by atoms with Gasteiger partial charge in [-0.2, -0.15) is 0 Å². The SMILES string of the molecule is CCNC(=O)C(C)NC(C)C1CCOC1. The third-order valence-corrected chi connectivity index (χ3v) is 2.93. The summed E-state index contributed by atoms with van der Waals surface area (Å²) in [5.41, 5.74) is 0. The Morgan fingerprint density at radius 3 is 2.80 bits per heavy atom. The van der Waals surface area contributed by atoms with Gasteiger partial charge in [0.15, 0.2) is 0 Å². The first-order valence-electron chi connectivity index (χ1n) is 5.76. The van der Waals surface area contributed by atoms with Gasteiger partial charge in [0.1, 0.15) is 0 Å². The molecule has 1 aliphatic rings. The highest BCUT2D eigenvalue weighted by Gasteiger charge is 2.24. The second-order valence-corrected chi connectivity index (χ2v) is 4.20. The van der Waals surface area contributed by atoms with Gasteiger partial charge < -0.3 is 15.4 Å². The van der Waals surface area contributed by atoms with Crippen molar-refractivity contribution in [2.75, 3.05) is 19.8 Å². The Hall–Kier alpha value is -0.610. The van der Waals surface area contributed by atoms with Crippen molar-refractivity contribution in [2.45, 2.75) is 39.3 Å². The van der Waals surface area contributed by atoms with E-state index < -0.39 is 0 Å². The molecular formula is C11H22N2O2. The van der Waals surface area contributed by atoms with Crippen molar-refractivity contribution in [1.29, 1.82) is 0 Å². The number of hydrogen-bond donors (Lipinski definition) is 2. The van der Waals surface area contributed by atoms with Gasteiger partial charge in [0.25, 0.3) is 0 Å². The molecule has 4 heteroatoms. The lowest BCUT2D eigenvalue weighted by atomic mass is 10.00. The van der Waals surface area contributed by atoms with Crippen molar-refractivity contribution in [2.24, 2.45) is 5.92 Å². The van der Waals surface area contributed by atoms with E-state index in [1.807, 2.05) is 13.8 Å². The Kier molecular flexibility index (Phi) is 5.05. The molecule has 0 aromatic rings. The van der Waals surface area contributed by atoms with Crippen LogP contribution in [0.5, 0.6) is 0 Å². The second kappa shape index (κ2) is 6.08. The molecule has 0 aromatic heterocycles. The average Bonchev–Trinajstić information content (AvgIpc) is 2.70. The third-order valence-electron chi connectivity index (χ3n) is 2.93. The number of rotatable bonds is 5. The van der Waals surface area contributed by atoms with Crippen LogP contribution in [0, 0.1) is 5.92 Å². The van der Waals surface area contributed by atoms with Crippen molar-refractivity contribution >= 4 is 5.91 Å². The quantitative estimate of drug-likeness (QED) is 0.701. The smallest absolute Gasteiger partial charge is 0.236 e. The van der Waals surface area contributed by atoms with E-state index in [-0.39, 0.29) is 11.9 Å². The van der Waals surface area contributed by atoms with Gasteiger partial charge in [-0.15, -0.1) is 0 Å². The van der Waals surface area contributed by atoms with E-state index in [1.54, 1.807) is 0 Å². The van der Waals surface area contributed by atoms with Crippen LogP contribution in [0.4, 0.5) is 0 Å². The lowest BCUT2D eigenvalue weighted by Crippen LogP contribution is -2.48. The normalized spacial score (nSPS) is 24.9. The molecule has 0 aliphatic carbocycles. The fourth-order valence-electron chi connectivity index (χ4n) is 1.88.